The number of carbonyl (C=O) groups excluding carboxylic acids is 2. The molecule has 0 saturated carbocycles. The van der Waals surface area contributed by atoms with Crippen LogP contribution in [0, 0.1) is 0 Å². The van der Waals surface area contributed by atoms with Gasteiger partial charge in [-0.1, -0.05) is 36.4 Å². The van der Waals surface area contributed by atoms with Crippen LogP contribution in [0.3, 0.4) is 0 Å². The molecule has 1 heterocycles. The second-order valence-corrected chi connectivity index (χ2v) is 5.51. The van der Waals surface area contributed by atoms with Gasteiger partial charge in [-0.25, -0.2) is 0 Å². The zero-order valence-corrected chi connectivity index (χ0v) is 13.7. The standard InChI is InChI=1S/C20H17N3O2/c1-14(24)22-17-8-10-18(11-9-17)23-20(25)19-12-7-16(13-21-19)15-5-3-2-4-6-15/h2-13H,1H3,(H,22,24)(H,23,25). The lowest BCUT2D eigenvalue weighted by atomic mass is 10.1. The van der Waals surface area contributed by atoms with Crippen molar-refractivity contribution in [3.8, 4) is 11.1 Å². The monoisotopic (exact) mass is 331 g/mol. The largest absolute Gasteiger partial charge is 0.326 e. The van der Waals surface area contributed by atoms with Gasteiger partial charge < -0.3 is 10.6 Å². The Hall–Kier alpha value is -3.47. The van der Waals surface area contributed by atoms with Crippen molar-refractivity contribution in [1.29, 1.82) is 0 Å². The van der Waals surface area contributed by atoms with Crippen LogP contribution in [0.5, 0.6) is 0 Å². The first kappa shape index (κ1) is 16.4. The summed E-state index contributed by atoms with van der Waals surface area (Å²) in [5.41, 5.74) is 3.65. The lowest BCUT2D eigenvalue weighted by molar-refractivity contribution is -0.114. The molecule has 0 aliphatic heterocycles. The summed E-state index contributed by atoms with van der Waals surface area (Å²) in [6.07, 6.45) is 1.68. The molecular formula is C20H17N3O2. The minimum atomic E-state index is -0.285. The molecule has 0 spiro atoms. The molecule has 3 rings (SSSR count). The smallest absolute Gasteiger partial charge is 0.274 e. The highest BCUT2D eigenvalue weighted by Gasteiger charge is 2.08. The van der Waals surface area contributed by atoms with Crippen LogP contribution in [0.1, 0.15) is 17.4 Å². The molecule has 0 aliphatic carbocycles. The van der Waals surface area contributed by atoms with Crippen molar-refractivity contribution >= 4 is 23.2 Å². The Morgan fingerprint density at radius 3 is 1.96 bits per heavy atom. The number of hydrogen-bond donors (Lipinski definition) is 2. The molecule has 0 atom stereocenters. The molecule has 2 N–H and O–H groups in total. The van der Waals surface area contributed by atoms with Crippen molar-refractivity contribution < 1.29 is 9.59 Å². The molecular weight excluding hydrogens is 314 g/mol. The molecule has 0 unspecified atom stereocenters. The Kier molecular flexibility index (Phi) is 4.85. The van der Waals surface area contributed by atoms with E-state index in [9.17, 15) is 9.59 Å². The maximum absolute atomic E-state index is 12.3. The number of benzene rings is 2. The Balaban J connectivity index is 1.68. The van der Waals surface area contributed by atoms with Crippen LogP contribution in [-0.4, -0.2) is 16.8 Å². The Labute approximate surface area is 145 Å². The molecule has 2 amide bonds. The van der Waals surface area contributed by atoms with Crippen LogP contribution in [0.4, 0.5) is 11.4 Å². The van der Waals surface area contributed by atoms with Crippen molar-refractivity contribution in [3.05, 3.63) is 78.6 Å². The molecule has 124 valence electrons. The third kappa shape index (κ3) is 4.29. The van der Waals surface area contributed by atoms with Gasteiger partial charge in [-0.05, 0) is 35.9 Å². The fraction of sp³-hybridized carbons (Fsp3) is 0.0500. The first-order valence-electron chi connectivity index (χ1n) is 7.82. The molecule has 0 fully saturated rings. The van der Waals surface area contributed by atoms with Gasteiger partial charge >= 0.3 is 0 Å². The summed E-state index contributed by atoms with van der Waals surface area (Å²) in [4.78, 5) is 27.5. The van der Waals surface area contributed by atoms with Gasteiger partial charge in [0.15, 0.2) is 0 Å². The first-order valence-corrected chi connectivity index (χ1v) is 7.82. The summed E-state index contributed by atoms with van der Waals surface area (Å²) in [5, 5.41) is 5.46. The number of rotatable bonds is 4. The third-order valence-electron chi connectivity index (χ3n) is 3.57. The number of nitrogens with one attached hydrogen (secondary N) is 2. The molecule has 0 saturated heterocycles. The van der Waals surface area contributed by atoms with Crippen molar-refractivity contribution in [2.75, 3.05) is 10.6 Å². The van der Waals surface area contributed by atoms with Crippen molar-refractivity contribution in [2.24, 2.45) is 0 Å². The van der Waals surface area contributed by atoms with E-state index in [0.717, 1.165) is 11.1 Å². The van der Waals surface area contributed by atoms with Crippen LogP contribution in [0.15, 0.2) is 72.9 Å². The van der Waals surface area contributed by atoms with Gasteiger partial charge in [-0.15, -0.1) is 0 Å². The Bertz CT molecular complexity index is 873. The quantitative estimate of drug-likeness (QED) is 0.760. The zero-order chi connectivity index (χ0) is 17.6. The molecule has 3 aromatic rings. The average molecular weight is 331 g/mol. The highest BCUT2D eigenvalue weighted by atomic mass is 16.2. The number of anilines is 2. The minimum Gasteiger partial charge on any atom is -0.326 e. The van der Waals surface area contributed by atoms with Gasteiger partial charge in [0.2, 0.25) is 5.91 Å². The van der Waals surface area contributed by atoms with Crippen molar-refractivity contribution in [3.63, 3.8) is 0 Å². The lowest BCUT2D eigenvalue weighted by Crippen LogP contribution is -2.13. The predicted octanol–water partition coefficient (Wildman–Crippen LogP) is 3.96. The zero-order valence-electron chi connectivity index (χ0n) is 13.7. The summed E-state index contributed by atoms with van der Waals surface area (Å²) in [7, 11) is 0. The van der Waals surface area contributed by atoms with Gasteiger partial charge in [0, 0.05) is 30.1 Å². The maximum atomic E-state index is 12.3. The van der Waals surface area contributed by atoms with Crippen molar-refractivity contribution in [2.45, 2.75) is 6.92 Å². The molecule has 5 nitrogen and oxygen atoms in total. The van der Waals surface area contributed by atoms with Gasteiger partial charge in [-0.2, -0.15) is 0 Å². The summed E-state index contributed by atoms with van der Waals surface area (Å²) in [6.45, 7) is 1.44. The average Bonchev–Trinajstić information content (AvgIpc) is 2.64. The van der Waals surface area contributed by atoms with Crippen molar-refractivity contribution in [1.82, 2.24) is 4.98 Å². The molecule has 1 aromatic heterocycles. The minimum absolute atomic E-state index is 0.139. The first-order chi connectivity index (χ1) is 12.1. The number of aromatic nitrogens is 1. The van der Waals surface area contributed by atoms with Gasteiger partial charge in [-0.3, -0.25) is 14.6 Å². The summed E-state index contributed by atoms with van der Waals surface area (Å²) in [6, 6.07) is 20.3. The van der Waals surface area contributed by atoms with Crippen LogP contribution in [0.2, 0.25) is 0 Å². The molecule has 25 heavy (non-hydrogen) atoms. The number of hydrogen-bond acceptors (Lipinski definition) is 3. The van der Waals surface area contributed by atoms with E-state index in [2.05, 4.69) is 15.6 Å². The Morgan fingerprint density at radius 2 is 1.40 bits per heavy atom. The number of pyridine rings is 1. The fourth-order valence-electron chi connectivity index (χ4n) is 2.36. The number of amides is 2. The van der Waals surface area contributed by atoms with E-state index in [1.807, 2.05) is 36.4 Å². The van der Waals surface area contributed by atoms with E-state index in [1.54, 1.807) is 36.5 Å². The molecule has 0 aliphatic rings. The van der Waals surface area contributed by atoms with Gasteiger partial charge in [0.1, 0.15) is 5.69 Å². The van der Waals surface area contributed by atoms with E-state index >= 15 is 0 Å². The lowest BCUT2D eigenvalue weighted by Gasteiger charge is -2.07. The number of nitrogens with zero attached hydrogens (tertiary/aromatic N) is 1. The van der Waals surface area contributed by atoms with Gasteiger partial charge in [0.25, 0.3) is 5.91 Å². The Morgan fingerprint density at radius 1 is 0.760 bits per heavy atom. The van der Waals surface area contributed by atoms with E-state index in [-0.39, 0.29) is 11.8 Å². The van der Waals surface area contributed by atoms with Gasteiger partial charge in [0.05, 0.1) is 0 Å². The van der Waals surface area contributed by atoms with Crippen LogP contribution < -0.4 is 10.6 Å². The van der Waals surface area contributed by atoms with Crippen LogP contribution in [0.25, 0.3) is 11.1 Å². The topological polar surface area (TPSA) is 71.1 Å². The molecule has 0 bridgehead atoms. The second kappa shape index (κ2) is 7.40. The molecule has 5 heteroatoms. The highest BCUT2D eigenvalue weighted by molar-refractivity contribution is 6.03. The van der Waals surface area contributed by atoms with Crippen LogP contribution >= 0.6 is 0 Å². The summed E-state index contributed by atoms with van der Waals surface area (Å²) in [5.74, 6) is -0.425. The van der Waals surface area contributed by atoms with E-state index in [4.69, 9.17) is 0 Å². The molecule has 2 aromatic carbocycles. The normalized spacial score (nSPS) is 10.1. The predicted molar refractivity (Wildman–Crippen MR) is 98.4 cm³/mol. The second-order valence-electron chi connectivity index (χ2n) is 5.51. The van der Waals surface area contributed by atoms with E-state index < -0.39 is 0 Å². The SMILES string of the molecule is CC(=O)Nc1ccc(NC(=O)c2ccc(-c3ccccc3)cn2)cc1. The summed E-state index contributed by atoms with van der Waals surface area (Å²) < 4.78 is 0. The molecule has 0 radical (unpaired) electrons. The third-order valence-corrected chi connectivity index (χ3v) is 3.57. The number of carbonyl (C=O) groups is 2. The van der Waals surface area contributed by atoms with E-state index in [0.29, 0.717) is 17.1 Å². The highest BCUT2D eigenvalue weighted by Crippen LogP contribution is 2.18. The van der Waals surface area contributed by atoms with E-state index in [1.165, 1.54) is 6.92 Å². The fourth-order valence-corrected chi connectivity index (χ4v) is 2.36. The van der Waals surface area contributed by atoms with Crippen LogP contribution in [-0.2, 0) is 4.79 Å². The maximum Gasteiger partial charge on any atom is 0.274 e. The summed E-state index contributed by atoms with van der Waals surface area (Å²) >= 11 is 0.